The fraction of sp³-hybridized carbons (Fsp3) is 0.944. The molecule has 0 aromatic rings. The SMILES string of the molecule is CCNC(=NCC(C)N1CCN(C)CC1)N1CCC(OCC)CC1.I. The normalized spacial score (nSPS) is 22.6. The maximum absolute atomic E-state index is 5.76. The number of ether oxygens (including phenoxy) is 1. The largest absolute Gasteiger partial charge is 0.378 e. The van der Waals surface area contributed by atoms with E-state index in [0.717, 1.165) is 64.7 Å². The molecule has 7 heteroatoms. The van der Waals surface area contributed by atoms with Gasteiger partial charge in [0.1, 0.15) is 0 Å². The predicted octanol–water partition coefficient (Wildman–Crippen LogP) is 1.71. The minimum atomic E-state index is 0. The molecule has 1 N–H and O–H groups in total. The molecule has 2 saturated heterocycles. The molecule has 0 spiro atoms. The molecule has 0 amide bonds. The number of rotatable bonds is 6. The number of piperazine rings is 1. The fourth-order valence-electron chi connectivity index (χ4n) is 3.49. The van der Waals surface area contributed by atoms with Gasteiger partial charge in [0, 0.05) is 58.5 Å². The van der Waals surface area contributed by atoms with Crippen LogP contribution in [-0.4, -0.2) is 98.8 Å². The Morgan fingerprint density at radius 1 is 1.12 bits per heavy atom. The minimum Gasteiger partial charge on any atom is -0.378 e. The Kier molecular flexibility index (Phi) is 11.3. The van der Waals surface area contributed by atoms with Gasteiger partial charge in [0.25, 0.3) is 0 Å². The van der Waals surface area contributed by atoms with Crippen molar-refractivity contribution in [1.29, 1.82) is 0 Å². The van der Waals surface area contributed by atoms with Crippen molar-refractivity contribution in [3.05, 3.63) is 0 Å². The van der Waals surface area contributed by atoms with Crippen LogP contribution >= 0.6 is 24.0 Å². The van der Waals surface area contributed by atoms with Crippen molar-refractivity contribution in [2.75, 3.05) is 66.0 Å². The molecule has 2 rings (SSSR count). The maximum Gasteiger partial charge on any atom is 0.193 e. The number of piperidine rings is 1. The zero-order valence-electron chi connectivity index (χ0n) is 16.5. The second-order valence-corrected chi connectivity index (χ2v) is 7.02. The number of hydrogen-bond donors (Lipinski definition) is 1. The van der Waals surface area contributed by atoms with E-state index in [0.29, 0.717) is 12.1 Å². The number of nitrogens with one attached hydrogen (secondary N) is 1. The third-order valence-corrected chi connectivity index (χ3v) is 5.15. The summed E-state index contributed by atoms with van der Waals surface area (Å²) in [6.07, 6.45) is 2.64. The maximum atomic E-state index is 5.76. The van der Waals surface area contributed by atoms with Crippen LogP contribution in [0.3, 0.4) is 0 Å². The van der Waals surface area contributed by atoms with Crippen LogP contribution in [0, 0.1) is 0 Å². The Morgan fingerprint density at radius 3 is 2.32 bits per heavy atom. The number of guanidine groups is 1. The van der Waals surface area contributed by atoms with Crippen molar-refractivity contribution < 1.29 is 4.74 Å². The number of hydrogen-bond acceptors (Lipinski definition) is 4. The monoisotopic (exact) mass is 467 g/mol. The van der Waals surface area contributed by atoms with Crippen molar-refractivity contribution in [3.8, 4) is 0 Å². The molecule has 1 unspecified atom stereocenters. The van der Waals surface area contributed by atoms with E-state index in [1.807, 2.05) is 0 Å². The molecule has 2 aliphatic heterocycles. The summed E-state index contributed by atoms with van der Waals surface area (Å²) in [4.78, 5) is 12.3. The van der Waals surface area contributed by atoms with Gasteiger partial charge < -0.3 is 19.9 Å². The smallest absolute Gasteiger partial charge is 0.193 e. The molecule has 0 aliphatic carbocycles. The summed E-state index contributed by atoms with van der Waals surface area (Å²) in [6, 6.07) is 0.508. The van der Waals surface area contributed by atoms with Crippen LogP contribution in [0.2, 0.25) is 0 Å². The minimum absolute atomic E-state index is 0. The van der Waals surface area contributed by atoms with Crippen LogP contribution in [0.25, 0.3) is 0 Å². The van der Waals surface area contributed by atoms with Gasteiger partial charge in [-0.15, -0.1) is 24.0 Å². The van der Waals surface area contributed by atoms with E-state index >= 15 is 0 Å². The summed E-state index contributed by atoms with van der Waals surface area (Å²) >= 11 is 0. The lowest BCUT2D eigenvalue weighted by molar-refractivity contribution is 0.0263. The molecule has 0 bridgehead atoms. The summed E-state index contributed by atoms with van der Waals surface area (Å²) in [6.45, 7) is 15.9. The van der Waals surface area contributed by atoms with Gasteiger partial charge in [-0.25, -0.2) is 0 Å². The summed E-state index contributed by atoms with van der Waals surface area (Å²) in [7, 11) is 2.20. The van der Waals surface area contributed by atoms with Crippen molar-refractivity contribution >= 4 is 29.9 Å². The number of likely N-dealkylation sites (tertiary alicyclic amines) is 1. The Hall–Kier alpha value is -0.120. The van der Waals surface area contributed by atoms with Crippen molar-refractivity contribution in [3.63, 3.8) is 0 Å². The van der Waals surface area contributed by atoms with Crippen LogP contribution in [0.4, 0.5) is 0 Å². The number of aliphatic imine (C=N–C) groups is 1. The van der Waals surface area contributed by atoms with Crippen LogP contribution in [-0.2, 0) is 4.74 Å². The number of halogens is 1. The van der Waals surface area contributed by atoms with Gasteiger partial charge in [-0.1, -0.05) is 0 Å². The van der Waals surface area contributed by atoms with E-state index in [2.05, 4.69) is 47.8 Å². The fourth-order valence-corrected chi connectivity index (χ4v) is 3.49. The third kappa shape index (κ3) is 7.56. The molecule has 2 heterocycles. The van der Waals surface area contributed by atoms with Gasteiger partial charge >= 0.3 is 0 Å². The number of likely N-dealkylation sites (N-methyl/N-ethyl adjacent to an activating group) is 1. The first-order valence-corrected chi connectivity index (χ1v) is 9.71. The molecular formula is C18H38IN5O. The Balaban J connectivity index is 0.00000312. The first-order chi connectivity index (χ1) is 11.6. The molecule has 6 nitrogen and oxygen atoms in total. The van der Waals surface area contributed by atoms with Gasteiger partial charge in [0.15, 0.2) is 5.96 Å². The highest BCUT2D eigenvalue weighted by molar-refractivity contribution is 14.0. The van der Waals surface area contributed by atoms with E-state index in [1.165, 1.54) is 13.1 Å². The molecular weight excluding hydrogens is 429 g/mol. The quantitative estimate of drug-likeness (QED) is 0.366. The zero-order chi connectivity index (χ0) is 17.4. The molecule has 0 radical (unpaired) electrons. The average Bonchev–Trinajstić information content (AvgIpc) is 2.60. The van der Waals surface area contributed by atoms with E-state index in [4.69, 9.17) is 9.73 Å². The zero-order valence-corrected chi connectivity index (χ0v) is 18.9. The van der Waals surface area contributed by atoms with Gasteiger partial charge in [-0.05, 0) is 40.7 Å². The lowest BCUT2D eigenvalue weighted by Gasteiger charge is -2.37. The average molecular weight is 467 g/mol. The van der Waals surface area contributed by atoms with Crippen molar-refractivity contribution in [2.45, 2.75) is 45.8 Å². The lowest BCUT2D eigenvalue weighted by Crippen LogP contribution is -2.50. The highest BCUT2D eigenvalue weighted by atomic mass is 127. The predicted molar refractivity (Wildman–Crippen MR) is 116 cm³/mol. The molecule has 0 aromatic carbocycles. The molecule has 148 valence electrons. The number of nitrogens with zero attached hydrogens (tertiary/aromatic N) is 4. The molecule has 25 heavy (non-hydrogen) atoms. The summed E-state index contributed by atoms with van der Waals surface area (Å²) < 4.78 is 5.76. The highest BCUT2D eigenvalue weighted by Crippen LogP contribution is 2.14. The van der Waals surface area contributed by atoms with Gasteiger partial charge in [0.05, 0.1) is 12.6 Å². The van der Waals surface area contributed by atoms with E-state index in [-0.39, 0.29) is 24.0 Å². The van der Waals surface area contributed by atoms with Gasteiger partial charge in [-0.3, -0.25) is 9.89 Å². The van der Waals surface area contributed by atoms with Crippen LogP contribution < -0.4 is 5.32 Å². The van der Waals surface area contributed by atoms with Gasteiger partial charge in [0.2, 0.25) is 0 Å². The van der Waals surface area contributed by atoms with Crippen molar-refractivity contribution in [1.82, 2.24) is 20.0 Å². The third-order valence-electron chi connectivity index (χ3n) is 5.15. The van der Waals surface area contributed by atoms with Crippen LogP contribution in [0.5, 0.6) is 0 Å². The van der Waals surface area contributed by atoms with E-state index < -0.39 is 0 Å². The highest BCUT2D eigenvalue weighted by Gasteiger charge is 2.23. The van der Waals surface area contributed by atoms with E-state index in [9.17, 15) is 0 Å². The summed E-state index contributed by atoms with van der Waals surface area (Å²) in [5.74, 6) is 1.08. The molecule has 0 saturated carbocycles. The Bertz CT molecular complexity index is 380. The Morgan fingerprint density at radius 2 is 1.76 bits per heavy atom. The Labute approximate surface area is 171 Å². The van der Waals surface area contributed by atoms with Crippen LogP contribution in [0.15, 0.2) is 4.99 Å². The van der Waals surface area contributed by atoms with Gasteiger partial charge in [-0.2, -0.15) is 0 Å². The standard InChI is InChI=1S/C18H37N5O.HI/c1-5-19-18(23-9-7-17(8-10-23)24-6-2)20-15-16(3)22-13-11-21(4)12-14-22;/h16-17H,5-15H2,1-4H3,(H,19,20);1H. The molecule has 0 aromatic heterocycles. The first kappa shape index (κ1) is 22.9. The van der Waals surface area contributed by atoms with Crippen LogP contribution in [0.1, 0.15) is 33.6 Å². The lowest BCUT2D eigenvalue weighted by atomic mass is 10.1. The van der Waals surface area contributed by atoms with Crippen molar-refractivity contribution in [2.24, 2.45) is 4.99 Å². The molecule has 2 aliphatic rings. The molecule has 2 fully saturated rings. The topological polar surface area (TPSA) is 43.3 Å². The molecule has 1 atom stereocenters. The second-order valence-electron chi connectivity index (χ2n) is 7.02. The summed E-state index contributed by atoms with van der Waals surface area (Å²) in [5.41, 5.74) is 0. The first-order valence-electron chi connectivity index (χ1n) is 9.71. The second kappa shape index (κ2) is 12.3. The van der Waals surface area contributed by atoms with E-state index in [1.54, 1.807) is 0 Å². The summed E-state index contributed by atoms with van der Waals surface area (Å²) in [5, 5.41) is 3.47.